The standard InChI is InChI=1S/C11Cl6F16O3/c12-8(13,4(22,23)2(18,19)6(26,27)10(16,30)31)35-1(34)36-9(14,15)5(24,25)3(20,21)7(28,29)11(17,32)33. The monoisotopic (exact) mass is 694 g/mol. The molecule has 0 heterocycles. The number of ether oxygens (including phenoxy) is 2. The van der Waals surface area contributed by atoms with Gasteiger partial charge in [-0.3, -0.25) is 0 Å². The molecule has 0 fully saturated rings. The topological polar surface area (TPSA) is 35.5 Å². The van der Waals surface area contributed by atoms with E-state index >= 15 is 0 Å². The van der Waals surface area contributed by atoms with Gasteiger partial charge in [0.05, 0.1) is 0 Å². The van der Waals surface area contributed by atoms with Gasteiger partial charge in [-0.05, 0) is 23.2 Å². The molecule has 0 spiro atoms. The average Bonchev–Trinajstić information content (AvgIpc) is 2.57. The normalized spacial score (nSPS) is 16.2. The maximum atomic E-state index is 13.8. The van der Waals surface area contributed by atoms with E-state index in [1.807, 2.05) is 0 Å². The molecule has 0 aromatic heterocycles. The molecule has 0 aromatic carbocycles. The summed E-state index contributed by atoms with van der Waals surface area (Å²) in [5, 5.41) is -13.0. The third-order valence-electron chi connectivity index (χ3n) is 3.44. The summed E-state index contributed by atoms with van der Waals surface area (Å²) < 4.78 is 205. The highest BCUT2D eigenvalue weighted by Crippen LogP contribution is 2.61. The lowest BCUT2D eigenvalue weighted by Crippen LogP contribution is -2.67. The molecule has 0 saturated heterocycles. The Balaban J connectivity index is 6.21. The van der Waals surface area contributed by atoms with Gasteiger partial charge in [0.15, 0.2) is 0 Å². The van der Waals surface area contributed by atoms with Crippen molar-refractivity contribution in [3.8, 4) is 0 Å². The van der Waals surface area contributed by atoms with E-state index in [1.54, 1.807) is 0 Å². The van der Waals surface area contributed by atoms with E-state index in [4.69, 9.17) is 0 Å². The molecule has 0 aliphatic heterocycles. The predicted molar refractivity (Wildman–Crippen MR) is 87.7 cm³/mol. The van der Waals surface area contributed by atoms with Crippen LogP contribution in [0.3, 0.4) is 0 Å². The van der Waals surface area contributed by atoms with Gasteiger partial charge in [0.1, 0.15) is 0 Å². The Hall–Kier alpha value is -0.110. The summed E-state index contributed by atoms with van der Waals surface area (Å²) in [4.78, 5) is 11.3. The van der Waals surface area contributed by atoms with Crippen LogP contribution < -0.4 is 0 Å². The lowest BCUT2D eigenvalue weighted by molar-refractivity contribution is -0.366. The summed E-state index contributed by atoms with van der Waals surface area (Å²) in [6, 6.07) is 0. The highest BCUT2D eigenvalue weighted by molar-refractivity contribution is 6.49. The van der Waals surface area contributed by atoms with Crippen molar-refractivity contribution in [3.63, 3.8) is 0 Å². The third-order valence-corrected chi connectivity index (χ3v) is 5.18. The Labute approximate surface area is 215 Å². The molecule has 216 valence electrons. The van der Waals surface area contributed by atoms with Crippen LogP contribution in [0.15, 0.2) is 0 Å². The lowest BCUT2D eigenvalue weighted by atomic mass is 10.0. The van der Waals surface area contributed by atoms with Crippen LogP contribution in [0.4, 0.5) is 75.0 Å². The molecule has 0 aliphatic rings. The quantitative estimate of drug-likeness (QED) is 0.130. The first-order chi connectivity index (χ1) is 15.1. The molecular formula is C11Cl6F16O3. The average molecular weight is 697 g/mol. The summed E-state index contributed by atoms with van der Waals surface area (Å²) in [5.41, 5.74) is 0. The molecule has 0 radical (unpaired) electrons. The van der Waals surface area contributed by atoms with E-state index in [0.717, 1.165) is 0 Å². The summed E-state index contributed by atoms with van der Waals surface area (Å²) in [5.74, 6) is -43.8. The van der Waals surface area contributed by atoms with Crippen LogP contribution in [0.1, 0.15) is 0 Å². The first-order valence-corrected chi connectivity index (χ1v) is 9.45. The Morgan fingerprint density at radius 2 is 0.583 bits per heavy atom. The van der Waals surface area contributed by atoms with Gasteiger partial charge in [0, 0.05) is 0 Å². The first-order valence-electron chi connectivity index (χ1n) is 7.18. The van der Waals surface area contributed by atoms with E-state index in [2.05, 4.69) is 79.1 Å². The molecule has 0 unspecified atom stereocenters. The number of carbonyl (C=O) groups is 1. The Kier molecular flexibility index (Phi) is 9.49. The highest BCUT2D eigenvalue weighted by atomic mass is 35.5. The summed E-state index contributed by atoms with van der Waals surface area (Å²) >= 11 is 24.6. The van der Waals surface area contributed by atoms with Crippen LogP contribution in [-0.2, 0) is 9.47 Å². The molecule has 0 amide bonds. The molecule has 0 N–H and O–H groups in total. The fourth-order valence-corrected chi connectivity index (χ4v) is 2.44. The van der Waals surface area contributed by atoms with Crippen molar-refractivity contribution >= 4 is 75.8 Å². The van der Waals surface area contributed by atoms with Crippen LogP contribution in [-0.4, -0.2) is 61.5 Å². The Bertz CT molecular complexity index is 771. The number of hydrogen-bond acceptors (Lipinski definition) is 3. The van der Waals surface area contributed by atoms with Gasteiger partial charge in [-0.15, -0.1) is 0 Å². The largest absolute Gasteiger partial charge is 0.514 e. The van der Waals surface area contributed by atoms with Crippen LogP contribution in [0.2, 0.25) is 0 Å². The Morgan fingerprint density at radius 3 is 0.750 bits per heavy atom. The van der Waals surface area contributed by atoms with E-state index in [-0.39, 0.29) is 0 Å². The molecule has 0 saturated carbocycles. The molecule has 0 atom stereocenters. The van der Waals surface area contributed by atoms with Crippen molar-refractivity contribution in [2.45, 2.75) is 55.3 Å². The number of alkyl halides is 22. The second kappa shape index (κ2) is 9.52. The number of rotatable bonds is 10. The van der Waals surface area contributed by atoms with Crippen molar-refractivity contribution in [3.05, 3.63) is 0 Å². The van der Waals surface area contributed by atoms with Gasteiger partial charge in [-0.25, -0.2) is 4.79 Å². The van der Waals surface area contributed by atoms with Crippen molar-refractivity contribution < 1.29 is 84.5 Å². The summed E-state index contributed by atoms with van der Waals surface area (Å²) in [7, 11) is 0. The van der Waals surface area contributed by atoms with Gasteiger partial charge < -0.3 is 9.47 Å². The van der Waals surface area contributed by atoms with Crippen molar-refractivity contribution in [1.82, 2.24) is 0 Å². The van der Waals surface area contributed by atoms with E-state index in [0.29, 0.717) is 0 Å². The SMILES string of the molecule is O=C(OC(Cl)(Cl)C(F)(F)C(F)(F)C(F)(F)C(F)(F)Cl)OC(Cl)(Cl)C(F)(F)C(F)(F)C(F)(F)C(F)(F)Cl. The zero-order valence-corrected chi connectivity index (χ0v) is 19.6. The summed E-state index contributed by atoms with van der Waals surface area (Å²) in [6.07, 6.45) is -3.68. The molecule has 0 aliphatic carbocycles. The number of halogens is 22. The minimum atomic E-state index is -7.50. The Morgan fingerprint density at radius 1 is 0.389 bits per heavy atom. The highest BCUT2D eigenvalue weighted by Gasteiger charge is 2.87. The molecule has 25 heteroatoms. The number of carbonyl (C=O) groups excluding carboxylic acids is 1. The van der Waals surface area contributed by atoms with Gasteiger partial charge in [0.2, 0.25) is 0 Å². The van der Waals surface area contributed by atoms with Crippen LogP contribution >= 0.6 is 69.6 Å². The molecule has 0 aromatic rings. The zero-order valence-electron chi connectivity index (χ0n) is 15.0. The predicted octanol–water partition coefficient (Wildman–Crippen LogP) is 8.88. The fraction of sp³-hybridized carbons (Fsp3) is 0.909. The first kappa shape index (κ1) is 35.9. The zero-order chi connectivity index (χ0) is 30.0. The van der Waals surface area contributed by atoms with Crippen LogP contribution in [0, 0.1) is 0 Å². The van der Waals surface area contributed by atoms with E-state index < -0.39 is 61.5 Å². The fourth-order valence-electron chi connectivity index (χ4n) is 1.47. The van der Waals surface area contributed by atoms with Crippen molar-refractivity contribution in [2.24, 2.45) is 0 Å². The van der Waals surface area contributed by atoms with E-state index in [1.165, 1.54) is 0 Å². The van der Waals surface area contributed by atoms with Crippen LogP contribution in [0.5, 0.6) is 0 Å². The number of hydrogen-bond donors (Lipinski definition) is 0. The second-order valence-corrected chi connectivity index (χ2v) is 9.39. The van der Waals surface area contributed by atoms with Gasteiger partial charge in [-0.2, -0.15) is 70.2 Å². The van der Waals surface area contributed by atoms with Gasteiger partial charge in [-0.1, -0.05) is 46.4 Å². The third kappa shape index (κ3) is 5.47. The molecular weight excluding hydrogens is 697 g/mol. The van der Waals surface area contributed by atoms with Crippen LogP contribution in [0.25, 0.3) is 0 Å². The van der Waals surface area contributed by atoms with Gasteiger partial charge in [0.25, 0.3) is 0 Å². The lowest BCUT2D eigenvalue weighted by Gasteiger charge is -2.40. The van der Waals surface area contributed by atoms with Crippen molar-refractivity contribution in [2.75, 3.05) is 0 Å². The van der Waals surface area contributed by atoms with E-state index in [9.17, 15) is 75.0 Å². The maximum absolute atomic E-state index is 13.8. The van der Waals surface area contributed by atoms with Gasteiger partial charge >= 0.3 is 61.5 Å². The summed E-state index contributed by atoms with van der Waals surface area (Å²) in [6.45, 7) is 0. The molecule has 36 heavy (non-hydrogen) atoms. The molecule has 0 bridgehead atoms. The minimum Gasteiger partial charge on any atom is -0.390 e. The van der Waals surface area contributed by atoms with Crippen molar-refractivity contribution in [1.29, 1.82) is 0 Å². The molecule has 3 nitrogen and oxygen atoms in total. The molecule has 0 rings (SSSR count). The minimum absolute atomic E-state index is 2.80. The maximum Gasteiger partial charge on any atom is 0.514 e. The second-order valence-electron chi connectivity index (χ2n) is 5.93. The smallest absolute Gasteiger partial charge is 0.390 e.